The van der Waals surface area contributed by atoms with Crippen LogP contribution in [0, 0.1) is 11.8 Å². The highest BCUT2D eigenvalue weighted by atomic mass is 32.2. The van der Waals surface area contributed by atoms with Crippen molar-refractivity contribution < 1.29 is 13.5 Å². The summed E-state index contributed by atoms with van der Waals surface area (Å²) < 4.78 is 26.7. The second-order valence-electron chi connectivity index (χ2n) is 4.41. The Labute approximate surface area is 123 Å². The number of nitrogens with zero attached hydrogens (tertiary/aromatic N) is 2. The van der Waals surface area contributed by atoms with Gasteiger partial charge in [0.05, 0.1) is 0 Å². The molecule has 1 aliphatic heterocycles. The third kappa shape index (κ3) is 3.33. The summed E-state index contributed by atoms with van der Waals surface area (Å²) in [6.45, 7) is 2.16. The standard InChI is InChI=1S/C13H16N2O3S2/c1-11-10-19-6-4-15(11)20(17,18)13-7-12(3-2-5-16)8-14-9-13/h7-9,11,16H,4-6,10H2,1H3. The van der Waals surface area contributed by atoms with Crippen LogP contribution >= 0.6 is 11.8 Å². The molecule has 1 atom stereocenters. The lowest BCUT2D eigenvalue weighted by Gasteiger charge is -2.31. The van der Waals surface area contributed by atoms with Gasteiger partial charge in [-0.3, -0.25) is 4.98 Å². The molecule has 1 aromatic heterocycles. The Morgan fingerprint density at radius 3 is 3.05 bits per heavy atom. The fourth-order valence-electron chi connectivity index (χ4n) is 1.97. The van der Waals surface area contributed by atoms with Crippen molar-refractivity contribution in [3.05, 3.63) is 24.0 Å². The highest BCUT2D eigenvalue weighted by Crippen LogP contribution is 2.24. The Bertz CT molecular complexity index is 635. The number of pyridine rings is 1. The third-order valence-electron chi connectivity index (χ3n) is 2.94. The molecule has 0 radical (unpaired) electrons. The van der Waals surface area contributed by atoms with E-state index in [-0.39, 0.29) is 17.5 Å². The van der Waals surface area contributed by atoms with Crippen LogP contribution in [0.2, 0.25) is 0 Å². The van der Waals surface area contributed by atoms with Crippen molar-refractivity contribution in [2.24, 2.45) is 0 Å². The molecular formula is C13H16N2O3S2. The smallest absolute Gasteiger partial charge is 0.244 e. The van der Waals surface area contributed by atoms with Gasteiger partial charge in [0.15, 0.2) is 0 Å². The topological polar surface area (TPSA) is 70.5 Å². The third-order valence-corrected chi connectivity index (χ3v) is 6.11. The van der Waals surface area contributed by atoms with Crippen molar-refractivity contribution in [1.29, 1.82) is 0 Å². The van der Waals surface area contributed by atoms with Gasteiger partial charge in [0.25, 0.3) is 0 Å². The fraction of sp³-hybridized carbons (Fsp3) is 0.462. The first kappa shape index (κ1) is 15.3. The zero-order valence-corrected chi connectivity index (χ0v) is 12.7. The lowest BCUT2D eigenvalue weighted by atomic mass is 10.3. The average molecular weight is 312 g/mol. The van der Waals surface area contributed by atoms with Crippen LogP contribution in [-0.4, -0.2) is 53.5 Å². The van der Waals surface area contributed by atoms with E-state index in [9.17, 15) is 8.42 Å². The number of hydrogen-bond acceptors (Lipinski definition) is 5. The molecule has 1 N–H and O–H groups in total. The van der Waals surface area contributed by atoms with Gasteiger partial charge >= 0.3 is 0 Å². The second kappa shape index (κ2) is 6.59. The van der Waals surface area contributed by atoms with E-state index in [2.05, 4.69) is 16.8 Å². The predicted molar refractivity (Wildman–Crippen MR) is 78.9 cm³/mol. The fourth-order valence-corrected chi connectivity index (χ4v) is 4.82. The maximum absolute atomic E-state index is 12.6. The molecule has 7 heteroatoms. The minimum Gasteiger partial charge on any atom is -0.384 e. The summed E-state index contributed by atoms with van der Waals surface area (Å²) >= 11 is 1.76. The molecule has 1 aromatic rings. The van der Waals surface area contributed by atoms with Crippen molar-refractivity contribution in [3.63, 3.8) is 0 Å². The Morgan fingerprint density at radius 2 is 2.35 bits per heavy atom. The summed E-state index contributed by atoms with van der Waals surface area (Å²) in [7, 11) is -3.53. The van der Waals surface area contributed by atoms with Crippen molar-refractivity contribution in [3.8, 4) is 11.8 Å². The Hall–Kier alpha value is -1.07. The molecule has 0 aliphatic carbocycles. The maximum Gasteiger partial charge on any atom is 0.244 e. The lowest BCUT2D eigenvalue weighted by molar-refractivity contribution is 0.350. The Kier molecular flexibility index (Phi) is 5.05. The Balaban J connectivity index is 2.34. The second-order valence-corrected chi connectivity index (χ2v) is 7.45. The van der Waals surface area contributed by atoms with Crippen molar-refractivity contribution >= 4 is 21.8 Å². The van der Waals surface area contributed by atoms with Crippen LogP contribution in [0.5, 0.6) is 0 Å². The van der Waals surface area contributed by atoms with Crippen LogP contribution in [-0.2, 0) is 10.0 Å². The van der Waals surface area contributed by atoms with E-state index in [0.717, 1.165) is 11.5 Å². The number of sulfonamides is 1. The zero-order chi connectivity index (χ0) is 14.6. The van der Waals surface area contributed by atoms with E-state index in [1.165, 1.54) is 22.8 Å². The van der Waals surface area contributed by atoms with Crippen LogP contribution in [0.4, 0.5) is 0 Å². The van der Waals surface area contributed by atoms with Crippen LogP contribution in [0.15, 0.2) is 23.4 Å². The molecule has 0 spiro atoms. The van der Waals surface area contributed by atoms with E-state index >= 15 is 0 Å². The van der Waals surface area contributed by atoms with E-state index < -0.39 is 10.0 Å². The van der Waals surface area contributed by atoms with Gasteiger partial charge in [-0.15, -0.1) is 0 Å². The number of aliphatic hydroxyl groups is 1. The number of thioether (sulfide) groups is 1. The monoisotopic (exact) mass is 312 g/mol. The predicted octanol–water partition coefficient (Wildman–Crippen LogP) is 0.551. The number of aliphatic hydroxyl groups excluding tert-OH is 1. The molecule has 1 aliphatic rings. The van der Waals surface area contributed by atoms with Gasteiger partial charge in [-0.1, -0.05) is 11.8 Å². The van der Waals surface area contributed by atoms with Crippen LogP contribution in [0.25, 0.3) is 0 Å². The zero-order valence-electron chi connectivity index (χ0n) is 11.1. The summed E-state index contributed by atoms with van der Waals surface area (Å²) in [5, 5.41) is 8.67. The van der Waals surface area contributed by atoms with Crippen LogP contribution in [0.3, 0.4) is 0 Å². The number of hydrogen-bond donors (Lipinski definition) is 1. The minimum absolute atomic E-state index is 0.0223. The quantitative estimate of drug-likeness (QED) is 0.808. The van der Waals surface area contributed by atoms with Crippen molar-refractivity contribution in [2.75, 3.05) is 24.7 Å². The molecular weight excluding hydrogens is 296 g/mol. The van der Waals surface area contributed by atoms with E-state index in [1.54, 1.807) is 11.8 Å². The summed E-state index contributed by atoms with van der Waals surface area (Å²) in [6.07, 6.45) is 2.82. The summed E-state index contributed by atoms with van der Waals surface area (Å²) in [5.74, 6) is 6.77. The molecule has 108 valence electrons. The average Bonchev–Trinajstić information content (AvgIpc) is 2.45. The molecule has 0 bridgehead atoms. The lowest BCUT2D eigenvalue weighted by Crippen LogP contribution is -2.44. The molecule has 1 fully saturated rings. The first-order valence-electron chi connectivity index (χ1n) is 6.20. The number of aromatic nitrogens is 1. The summed E-state index contributed by atoms with van der Waals surface area (Å²) in [6, 6.07) is 1.48. The molecule has 0 aromatic carbocycles. The largest absolute Gasteiger partial charge is 0.384 e. The first-order chi connectivity index (χ1) is 9.55. The normalized spacial score (nSPS) is 20.2. The van der Waals surface area contributed by atoms with Gasteiger partial charge in [-0.05, 0) is 13.0 Å². The van der Waals surface area contributed by atoms with E-state index in [1.807, 2.05) is 6.92 Å². The van der Waals surface area contributed by atoms with Crippen LogP contribution in [0.1, 0.15) is 12.5 Å². The molecule has 20 heavy (non-hydrogen) atoms. The van der Waals surface area contributed by atoms with Crippen LogP contribution < -0.4 is 0 Å². The van der Waals surface area contributed by atoms with Crippen molar-refractivity contribution in [2.45, 2.75) is 17.9 Å². The molecule has 2 heterocycles. The molecule has 1 unspecified atom stereocenters. The minimum atomic E-state index is -3.53. The SMILES string of the molecule is CC1CSCCN1S(=O)(=O)c1cncc(C#CCO)c1. The first-order valence-corrected chi connectivity index (χ1v) is 8.79. The molecule has 0 saturated carbocycles. The number of rotatable bonds is 2. The van der Waals surface area contributed by atoms with Gasteiger partial charge in [-0.25, -0.2) is 8.42 Å². The van der Waals surface area contributed by atoms with E-state index in [4.69, 9.17) is 5.11 Å². The molecule has 5 nitrogen and oxygen atoms in total. The maximum atomic E-state index is 12.6. The summed E-state index contributed by atoms with van der Waals surface area (Å²) in [4.78, 5) is 4.08. The van der Waals surface area contributed by atoms with Gasteiger partial charge in [0.1, 0.15) is 11.5 Å². The molecule has 1 saturated heterocycles. The van der Waals surface area contributed by atoms with Gasteiger partial charge in [0, 0.05) is 42.0 Å². The highest BCUT2D eigenvalue weighted by molar-refractivity contribution is 7.99. The van der Waals surface area contributed by atoms with E-state index in [0.29, 0.717) is 12.1 Å². The molecule has 2 rings (SSSR count). The highest BCUT2D eigenvalue weighted by Gasteiger charge is 2.31. The van der Waals surface area contributed by atoms with Gasteiger partial charge < -0.3 is 5.11 Å². The van der Waals surface area contributed by atoms with Gasteiger partial charge in [-0.2, -0.15) is 16.1 Å². The van der Waals surface area contributed by atoms with Crippen molar-refractivity contribution in [1.82, 2.24) is 9.29 Å². The summed E-state index contributed by atoms with van der Waals surface area (Å²) in [5.41, 5.74) is 0.485. The molecule has 0 amide bonds. The Morgan fingerprint density at radius 1 is 1.55 bits per heavy atom. The van der Waals surface area contributed by atoms with Gasteiger partial charge in [0.2, 0.25) is 10.0 Å².